The summed E-state index contributed by atoms with van der Waals surface area (Å²) in [6.45, 7) is 0.960. The molecule has 2 heterocycles. The molecule has 4 rings (SSSR count). The van der Waals surface area contributed by atoms with E-state index in [0.29, 0.717) is 19.5 Å². The van der Waals surface area contributed by atoms with E-state index >= 15 is 0 Å². The van der Waals surface area contributed by atoms with Crippen LogP contribution in [-0.2, 0) is 29.9 Å². The molecular formula is C17H24N2O6S3. The van der Waals surface area contributed by atoms with Gasteiger partial charge in [0, 0.05) is 25.2 Å². The van der Waals surface area contributed by atoms with E-state index in [1.807, 2.05) is 0 Å². The summed E-state index contributed by atoms with van der Waals surface area (Å²) in [5.41, 5.74) is 0. The summed E-state index contributed by atoms with van der Waals surface area (Å²) in [6, 6.07) is 4.58. The highest BCUT2D eigenvalue weighted by Crippen LogP contribution is 2.37. The fraction of sp³-hybridized carbons (Fsp3) is 0.647. The third-order valence-corrected chi connectivity index (χ3v) is 11.3. The van der Waals surface area contributed by atoms with Crippen molar-refractivity contribution in [3.8, 4) is 0 Å². The van der Waals surface area contributed by atoms with E-state index in [1.54, 1.807) is 0 Å². The zero-order valence-corrected chi connectivity index (χ0v) is 17.8. The van der Waals surface area contributed by atoms with E-state index in [4.69, 9.17) is 0 Å². The Morgan fingerprint density at radius 3 is 1.93 bits per heavy atom. The SMILES string of the molecule is O=S1(=O)CCC(N(C2CC2)S(=O)(=O)c2ccc(S(=O)(=O)N3CCCC3)cc2)C1. The molecule has 2 aliphatic heterocycles. The lowest BCUT2D eigenvalue weighted by molar-refractivity contribution is 0.332. The number of hydrogen-bond acceptors (Lipinski definition) is 6. The van der Waals surface area contributed by atoms with Gasteiger partial charge in [-0.1, -0.05) is 0 Å². The first-order valence-corrected chi connectivity index (χ1v) is 14.2. The number of sulfonamides is 2. The quantitative estimate of drug-likeness (QED) is 0.637. The van der Waals surface area contributed by atoms with Crippen molar-refractivity contribution >= 4 is 29.9 Å². The van der Waals surface area contributed by atoms with Gasteiger partial charge in [-0.3, -0.25) is 0 Å². The van der Waals surface area contributed by atoms with Crippen LogP contribution in [0, 0.1) is 0 Å². The van der Waals surface area contributed by atoms with Crippen molar-refractivity contribution in [2.45, 2.75) is 54.0 Å². The summed E-state index contributed by atoms with van der Waals surface area (Å²) >= 11 is 0. The molecule has 28 heavy (non-hydrogen) atoms. The van der Waals surface area contributed by atoms with Gasteiger partial charge in [-0.2, -0.15) is 8.61 Å². The highest BCUT2D eigenvalue weighted by Gasteiger charge is 2.46. The predicted molar refractivity (Wildman–Crippen MR) is 104 cm³/mol. The number of rotatable bonds is 6. The van der Waals surface area contributed by atoms with Crippen LogP contribution in [0.25, 0.3) is 0 Å². The van der Waals surface area contributed by atoms with Gasteiger partial charge in [0.2, 0.25) is 20.0 Å². The predicted octanol–water partition coefficient (Wildman–Crippen LogP) is 0.811. The molecule has 8 nitrogen and oxygen atoms in total. The topological polar surface area (TPSA) is 109 Å². The minimum Gasteiger partial charge on any atom is -0.229 e. The Labute approximate surface area is 166 Å². The maximum atomic E-state index is 13.2. The normalized spacial score (nSPS) is 26.1. The van der Waals surface area contributed by atoms with Crippen LogP contribution in [0.4, 0.5) is 0 Å². The summed E-state index contributed by atoms with van der Waals surface area (Å²) in [5.74, 6) is -0.145. The van der Waals surface area contributed by atoms with Crippen LogP contribution in [-0.4, -0.2) is 70.5 Å². The molecule has 1 aromatic carbocycles. The van der Waals surface area contributed by atoms with Gasteiger partial charge >= 0.3 is 0 Å². The van der Waals surface area contributed by atoms with E-state index in [1.165, 1.54) is 32.9 Å². The van der Waals surface area contributed by atoms with E-state index in [9.17, 15) is 25.3 Å². The number of hydrogen-bond donors (Lipinski definition) is 0. The van der Waals surface area contributed by atoms with Gasteiger partial charge in [0.1, 0.15) is 0 Å². The molecule has 1 saturated carbocycles. The van der Waals surface area contributed by atoms with Crippen molar-refractivity contribution in [3.05, 3.63) is 24.3 Å². The van der Waals surface area contributed by atoms with Crippen LogP contribution in [0.5, 0.6) is 0 Å². The second-order valence-electron chi connectivity index (χ2n) is 7.71. The van der Waals surface area contributed by atoms with Gasteiger partial charge in [0.25, 0.3) is 0 Å². The molecule has 0 bridgehead atoms. The maximum absolute atomic E-state index is 13.2. The standard InChI is InChI=1S/C17H24N2O6S3/c20-26(21)12-9-15(13-26)19(14-3-4-14)28(24,25)17-7-5-16(6-8-17)27(22,23)18-10-1-2-11-18/h5-8,14-15H,1-4,9-13H2. The van der Waals surface area contributed by atoms with E-state index in [2.05, 4.69) is 0 Å². The first kappa shape index (κ1) is 20.3. The molecule has 1 aliphatic carbocycles. The molecule has 3 aliphatic rings. The highest BCUT2D eigenvalue weighted by atomic mass is 32.2. The second kappa shape index (κ2) is 7.05. The summed E-state index contributed by atoms with van der Waals surface area (Å²) in [5, 5.41) is 0. The van der Waals surface area contributed by atoms with E-state index < -0.39 is 35.9 Å². The maximum Gasteiger partial charge on any atom is 0.243 e. The van der Waals surface area contributed by atoms with Gasteiger partial charge in [-0.25, -0.2) is 25.3 Å². The summed E-state index contributed by atoms with van der Waals surface area (Å²) in [4.78, 5) is 0.0823. The van der Waals surface area contributed by atoms with Gasteiger partial charge in [-0.05, 0) is 56.4 Å². The van der Waals surface area contributed by atoms with E-state index in [-0.39, 0.29) is 27.3 Å². The molecule has 0 spiro atoms. The Kier molecular flexibility index (Phi) is 5.10. The molecule has 1 atom stereocenters. The number of sulfone groups is 1. The fourth-order valence-electron chi connectivity index (χ4n) is 3.98. The smallest absolute Gasteiger partial charge is 0.229 e. The number of nitrogens with zero attached hydrogens (tertiary/aromatic N) is 2. The zero-order valence-electron chi connectivity index (χ0n) is 15.4. The van der Waals surface area contributed by atoms with Crippen LogP contribution in [0.2, 0.25) is 0 Å². The van der Waals surface area contributed by atoms with Crippen molar-refractivity contribution in [3.63, 3.8) is 0 Å². The lowest BCUT2D eigenvalue weighted by Gasteiger charge is -2.27. The third-order valence-electron chi connectivity index (χ3n) is 5.58. The van der Waals surface area contributed by atoms with Crippen LogP contribution in [0.3, 0.4) is 0 Å². The van der Waals surface area contributed by atoms with Crippen molar-refractivity contribution in [2.75, 3.05) is 24.6 Å². The Morgan fingerprint density at radius 1 is 0.857 bits per heavy atom. The molecule has 1 aromatic rings. The molecule has 0 radical (unpaired) electrons. The van der Waals surface area contributed by atoms with Crippen LogP contribution < -0.4 is 0 Å². The summed E-state index contributed by atoms with van der Waals surface area (Å²) in [6.07, 6.45) is 3.40. The molecule has 2 saturated heterocycles. The van der Waals surface area contributed by atoms with Gasteiger partial charge in [0.15, 0.2) is 9.84 Å². The highest BCUT2D eigenvalue weighted by molar-refractivity contribution is 7.92. The molecule has 3 fully saturated rings. The Morgan fingerprint density at radius 2 is 1.43 bits per heavy atom. The minimum atomic E-state index is -3.89. The molecular weight excluding hydrogens is 424 g/mol. The molecule has 0 amide bonds. The van der Waals surface area contributed by atoms with Gasteiger partial charge < -0.3 is 0 Å². The third kappa shape index (κ3) is 3.74. The fourth-order valence-corrected chi connectivity index (χ4v) is 9.20. The number of benzene rings is 1. The van der Waals surface area contributed by atoms with Crippen molar-refractivity contribution in [1.29, 1.82) is 0 Å². The second-order valence-corrected chi connectivity index (χ2v) is 13.7. The Bertz CT molecular complexity index is 1050. The summed E-state index contributed by atoms with van der Waals surface area (Å²) < 4.78 is 78.1. The molecule has 0 aromatic heterocycles. The zero-order chi connectivity index (χ0) is 20.2. The lowest BCUT2D eigenvalue weighted by Crippen LogP contribution is -2.42. The van der Waals surface area contributed by atoms with Gasteiger partial charge in [-0.15, -0.1) is 0 Å². The largest absolute Gasteiger partial charge is 0.243 e. The average molecular weight is 449 g/mol. The van der Waals surface area contributed by atoms with Crippen molar-refractivity contribution < 1.29 is 25.3 Å². The first-order valence-electron chi connectivity index (χ1n) is 9.45. The molecule has 0 N–H and O–H groups in total. The monoisotopic (exact) mass is 448 g/mol. The van der Waals surface area contributed by atoms with E-state index in [0.717, 1.165) is 25.7 Å². The molecule has 156 valence electrons. The van der Waals surface area contributed by atoms with Crippen LogP contribution in [0.1, 0.15) is 32.1 Å². The minimum absolute atomic E-state index is 0.00340. The molecule has 1 unspecified atom stereocenters. The Hall–Kier alpha value is -1.01. The van der Waals surface area contributed by atoms with Crippen LogP contribution >= 0.6 is 0 Å². The average Bonchev–Trinajstić information content (AvgIpc) is 3.15. The van der Waals surface area contributed by atoms with Crippen LogP contribution in [0.15, 0.2) is 34.1 Å². The lowest BCUT2D eigenvalue weighted by atomic mass is 10.2. The Balaban J connectivity index is 1.62. The van der Waals surface area contributed by atoms with Gasteiger partial charge in [0.05, 0.1) is 21.3 Å². The molecule has 11 heteroatoms. The van der Waals surface area contributed by atoms with Crippen molar-refractivity contribution in [1.82, 2.24) is 8.61 Å². The van der Waals surface area contributed by atoms with Crippen molar-refractivity contribution in [2.24, 2.45) is 0 Å². The first-order chi connectivity index (χ1) is 13.1. The summed E-state index contributed by atoms with van der Waals surface area (Å²) in [7, 11) is -10.7.